The Kier molecular flexibility index (Phi) is 3.55. The second-order valence-electron chi connectivity index (χ2n) is 1.52. The number of aromatic amines is 1. The predicted octanol–water partition coefficient (Wildman–Crippen LogP) is -4.73. The first-order valence-corrected chi connectivity index (χ1v) is 2.25. The molecule has 0 aliphatic heterocycles. The van der Waals surface area contributed by atoms with Crippen LogP contribution < -0.4 is 40.7 Å². The fourth-order valence-corrected chi connectivity index (χ4v) is 0.396. The van der Waals surface area contributed by atoms with Crippen molar-refractivity contribution in [3.8, 4) is 0 Å². The summed E-state index contributed by atoms with van der Waals surface area (Å²) >= 11 is 0. The summed E-state index contributed by atoms with van der Waals surface area (Å²) in [6.07, 6.45) is 2.24. The van der Waals surface area contributed by atoms with Crippen molar-refractivity contribution in [2.75, 3.05) is 0 Å². The van der Waals surface area contributed by atoms with Gasteiger partial charge in [0.15, 0.2) is 5.56 Å². The molecule has 0 saturated heterocycles. The number of nitrogens with one attached hydrogen (secondary N) is 1. The van der Waals surface area contributed by atoms with E-state index in [-0.39, 0.29) is 29.6 Å². The molecule has 1 N–H and O–H groups in total. The quantitative estimate of drug-likeness (QED) is 0.229. The third-order valence-corrected chi connectivity index (χ3v) is 0.765. The van der Waals surface area contributed by atoms with Gasteiger partial charge in [0, 0.05) is 7.05 Å². The maximum Gasteiger partial charge on any atom is 1.00 e. The van der Waals surface area contributed by atoms with E-state index in [4.69, 9.17) is 0 Å². The van der Waals surface area contributed by atoms with Gasteiger partial charge < -0.3 is 14.5 Å². The largest absolute Gasteiger partial charge is 1.00 e. The summed E-state index contributed by atoms with van der Waals surface area (Å²) in [5, 5.41) is 2.17. The summed E-state index contributed by atoms with van der Waals surface area (Å²) in [7, 11) is 1.52. The van der Waals surface area contributed by atoms with Crippen LogP contribution in [0.3, 0.4) is 0 Å². The average Bonchev–Trinajstić information content (AvgIpc) is 1.80. The van der Waals surface area contributed by atoms with Crippen LogP contribution in [0.2, 0.25) is 0 Å². The average molecular weight is 149 g/mol. The van der Waals surface area contributed by atoms with Crippen molar-refractivity contribution in [3.05, 3.63) is 27.0 Å². The number of hydrogen-bond donors (Lipinski definition) is 1. The van der Waals surface area contributed by atoms with Crippen molar-refractivity contribution >= 4 is 0 Å². The van der Waals surface area contributed by atoms with E-state index in [1.165, 1.54) is 11.7 Å². The Hall–Kier alpha value is -0.390. The second kappa shape index (κ2) is 3.70. The molecule has 0 saturated carbocycles. The van der Waals surface area contributed by atoms with Gasteiger partial charge in [0.2, 0.25) is 5.56 Å². The van der Waals surface area contributed by atoms with Crippen LogP contribution in [0.1, 0.15) is 0 Å². The summed E-state index contributed by atoms with van der Waals surface area (Å²) in [4.78, 5) is 23.8. The van der Waals surface area contributed by atoms with Crippen molar-refractivity contribution in [2.24, 2.45) is 7.05 Å². The van der Waals surface area contributed by atoms with Gasteiger partial charge in [-0.1, -0.05) is 0 Å². The summed E-state index contributed by atoms with van der Waals surface area (Å²) in [5.74, 6) is 0. The van der Waals surface area contributed by atoms with Crippen LogP contribution in [0, 0.1) is 6.33 Å². The molecule has 0 spiro atoms. The third kappa shape index (κ3) is 2.09. The molecule has 0 amide bonds. The van der Waals surface area contributed by atoms with Crippen molar-refractivity contribution in [2.45, 2.75) is 0 Å². The number of rotatable bonds is 0. The van der Waals surface area contributed by atoms with Crippen LogP contribution in [0.15, 0.2) is 9.59 Å². The summed E-state index contributed by atoms with van der Waals surface area (Å²) in [6.45, 7) is 0. The molecule has 1 aromatic rings. The Bertz CT molecular complexity index is 315. The number of aryl methyl sites for hydroxylation is 1. The minimum atomic E-state index is -0.812. The SMILES string of the molecule is Cn1[c-]nc(=O)c(=O)[nH]1.[Na+]. The molecule has 0 aliphatic rings. The Morgan fingerprint density at radius 2 is 2.20 bits per heavy atom. The smallest absolute Gasteiger partial charge is 0.393 e. The normalized spacial score (nSPS) is 8.50. The summed E-state index contributed by atoms with van der Waals surface area (Å²) in [5.41, 5.74) is -1.54. The van der Waals surface area contributed by atoms with Crippen molar-refractivity contribution in [3.63, 3.8) is 0 Å². The van der Waals surface area contributed by atoms with Gasteiger partial charge in [-0.05, 0) is 6.33 Å². The summed E-state index contributed by atoms with van der Waals surface area (Å²) < 4.78 is 1.18. The molecular weight excluding hydrogens is 145 g/mol. The van der Waals surface area contributed by atoms with Crippen LogP contribution >= 0.6 is 0 Å². The van der Waals surface area contributed by atoms with Gasteiger partial charge in [-0.3, -0.25) is 9.89 Å². The van der Waals surface area contributed by atoms with E-state index in [1.807, 2.05) is 0 Å². The molecule has 10 heavy (non-hydrogen) atoms. The molecule has 6 heteroatoms. The number of aromatic nitrogens is 3. The molecule has 5 nitrogen and oxygen atoms in total. The topological polar surface area (TPSA) is 67.8 Å². The Labute approximate surface area is 78.4 Å². The zero-order valence-electron chi connectivity index (χ0n) is 5.71. The molecular formula is C4H4N3NaO2. The van der Waals surface area contributed by atoms with Crippen molar-refractivity contribution in [1.29, 1.82) is 0 Å². The maximum atomic E-state index is 10.4. The van der Waals surface area contributed by atoms with Gasteiger partial charge in [-0.25, -0.2) is 0 Å². The molecule has 0 aliphatic carbocycles. The Morgan fingerprint density at radius 1 is 1.60 bits per heavy atom. The van der Waals surface area contributed by atoms with Gasteiger partial charge in [-0.15, -0.1) is 0 Å². The molecule has 0 unspecified atom stereocenters. The first-order chi connectivity index (χ1) is 4.20. The molecule has 0 bridgehead atoms. The fourth-order valence-electron chi connectivity index (χ4n) is 0.396. The minimum absolute atomic E-state index is 0. The summed E-state index contributed by atoms with van der Waals surface area (Å²) in [6, 6.07) is 0. The molecule has 0 atom stereocenters. The number of nitrogens with zero attached hydrogens (tertiary/aromatic N) is 2. The van der Waals surface area contributed by atoms with Crippen LogP contribution in [0.25, 0.3) is 0 Å². The van der Waals surface area contributed by atoms with Gasteiger partial charge in [0.25, 0.3) is 0 Å². The van der Waals surface area contributed by atoms with Crippen LogP contribution in [-0.4, -0.2) is 14.8 Å². The fraction of sp³-hybridized carbons (Fsp3) is 0.250. The monoisotopic (exact) mass is 149 g/mol. The van der Waals surface area contributed by atoms with Crippen LogP contribution in [-0.2, 0) is 7.05 Å². The van der Waals surface area contributed by atoms with Crippen molar-refractivity contribution < 1.29 is 29.6 Å². The van der Waals surface area contributed by atoms with E-state index in [0.29, 0.717) is 0 Å². The van der Waals surface area contributed by atoms with Crippen LogP contribution in [0.4, 0.5) is 0 Å². The maximum absolute atomic E-state index is 10.4. The van der Waals surface area contributed by atoms with Gasteiger partial charge in [0.1, 0.15) is 0 Å². The van der Waals surface area contributed by atoms with E-state index in [1.54, 1.807) is 0 Å². The van der Waals surface area contributed by atoms with E-state index in [2.05, 4.69) is 16.4 Å². The van der Waals surface area contributed by atoms with E-state index < -0.39 is 11.1 Å². The van der Waals surface area contributed by atoms with E-state index in [9.17, 15) is 9.59 Å². The minimum Gasteiger partial charge on any atom is -0.393 e. The molecule has 0 fully saturated rings. The first-order valence-electron chi connectivity index (χ1n) is 2.25. The van der Waals surface area contributed by atoms with Gasteiger partial charge in [0.05, 0.1) is 0 Å². The van der Waals surface area contributed by atoms with E-state index >= 15 is 0 Å². The van der Waals surface area contributed by atoms with Gasteiger partial charge >= 0.3 is 29.6 Å². The zero-order chi connectivity index (χ0) is 6.85. The molecule has 0 aromatic carbocycles. The molecule has 0 radical (unpaired) electrons. The Morgan fingerprint density at radius 3 is 2.60 bits per heavy atom. The van der Waals surface area contributed by atoms with Crippen molar-refractivity contribution in [1.82, 2.24) is 14.8 Å². The Balaban J connectivity index is 0.000000810. The van der Waals surface area contributed by atoms with E-state index in [0.717, 1.165) is 0 Å². The number of H-pyrrole nitrogens is 1. The molecule has 1 heterocycles. The first kappa shape index (κ1) is 9.61. The molecule has 1 aromatic heterocycles. The zero-order valence-corrected chi connectivity index (χ0v) is 7.71. The standard InChI is InChI=1S/C4H4N3O2.Na/c1-7-2-5-3(8)4(9)6-7;/h1H3,(H,6,9);/q-1;+1. The molecule has 48 valence electrons. The third-order valence-electron chi connectivity index (χ3n) is 0.765. The molecule has 1 rings (SSSR count). The second-order valence-corrected chi connectivity index (χ2v) is 1.52. The predicted molar refractivity (Wildman–Crippen MR) is 28.9 cm³/mol. The number of hydrogen-bond acceptors (Lipinski definition) is 3. The van der Waals surface area contributed by atoms with Gasteiger partial charge in [-0.2, -0.15) is 0 Å². The van der Waals surface area contributed by atoms with Crippen LogP contribution in [0.5, 0.6) is 0 Å².